The second-order valence-corrected chi connectivity index (χ2v) is 9.11. The van der Waals surface area contributed by atoms with Crippen LogP contribution in [-0.4, -0.2) is 72.8 Å². The minimum absolute atomic E-state index is 0.0412. The van der Waals surface area contributed by atoms with E-state index in [9.17, 15) is 18.4 Å². The molecular weight excluding hydrogens is 478 g/mol. The normalized spacial score (nSPS) is 19.3. The number of halogens is 2. The zero-order chi connectivity index (χ0) is 26.0. The number of rotatable bonds is 9. The van der Waals surface area contributed by atoms with Crippen molar-refractivity contribution in [2.24, 2.45) is 11.7 Å². The average Bonchev–Trinajstić information content (AvgIpc) is 3.54. The molecule has 1 amide bonds. The first-order chi connectivity index (χ1) is 17.1. The van der Waals surface area contributed by atoms with Crippen LogP contribution in [0.15, 0.2) is 22.6 Å². The number of carbonyl (C=O) groups is 2. The number of amides is 1. The molecule has 1 unspecified atom stereocenters. The molecule has 2 N–H and O–H groups in total. The molecule has 2 aliphatic rings. The molecule has 2 fully saturated rings. The monoisotopic (exact) mass is 508 g/mol. The van der Waals surface area contributed by atoms with E-state index in [2.05, 4.69) is 9.72 Å². The first-order valence-corrected chi connectivity index (χ1v) is 11.8. The fourth-order valence-electron chi connectivity index (χ4n) is 3.85. The first-order valence-electron chi connectivity index (χ1n) is 11.8. The van der Waals surface area contributed by atoms with Crippen molar-refractivity contribution in [3.05, 3.63) is 29.7 Å². The summed E-state index contributed by atoms with van der Waals surface area (Å²) in [5, 5.41) is 0. The maximum absolute atomic E-state index is 13.4. The summed E-state index contributed by atoms with van der Waals surface area (Å²) in [6, 6.07) is 3.70. The highest BCUT2D eigenvalue weighted by molar-refractivity contribution is 5.94. The highest BCUT2D eigenvalue weighted by Gasteiger charge is 2.34. The Balaban J connectivity index is 1.61. The Morgan fingerprint density at radius 3 is 2.64 bits per heavy atom. The number of hydrogen-bond acceptors (Lipinski definition) is 9. The summed E-state index contributed by atoms with van der Waals surface area (Å²) < 4.78 is 47.3. The third kappa shape index (κ3) is 6.11. The third-order valence-electron chi connectivity index (χ3n) is 6.03. The van der Waals surface area contributed by atoms with Crippen LogP contribution in [0.5, 0.6) is 11.5 Å². The van der Waals surface area contributed by atoms with Gasteiger partial charge in [-0.1, -0.05) is 0 Å². The van der Waals surface area contributed by atoms with Crippen LogP contribution < -0.4 is 15.2 Å². The van der Waals surface area contributed by atoms with Gasteiger partial charge in [-0.3, -0.25) is 14.5 Å². The van der Waals surface area contributed by atoms with Gasteiger partial charge in [0.25, 0.3) is 5.91 Å². The molecule has 196 valence electrons. The topological polar surface area (TPSA) is 120 Å². The SMILES string of the molecule is CC(=O)OC1CN(C(=O)c2nc(-c3ccc(OC(F)F)c(OCC4CC4)c3)oc2[C@H](C)N)CCN1C. The summed E-state index contributed by atoms with van der Waals surface area (Å²) in [5.74, 6) is -0.147. The number of oxazole rings is 1. The summed E-state index contributed by atoms with van der Waals surface area (Å²) in [5.41, 5.74) is 6.53. The van der Waals surface area contributed by atoms with Gasteiger partial charge in [0.1, 0.15) is 0 Å². The van der Waals surface area contributed by atoms with E-state index < -0.39 is 30.8 Å². The van der Waals surface area contributed by atoms with Gasteiger partial charge in [-0.2, -0.15) is 8.78 Å². The largest absolute Gasteiger partial charge is 0.489 e. The predicted octanol–water partition coefficient (Wildman–Crippen LogP) is 3.03. The van der Waals surface area contributed by atoms with E-state index in [-0.39, 0.29) is 35.4 Å². The third-order valence-corrected chi connectivity index (χ3v) is 6.03. The minimum Gasteiger partial charge on any atom is -0.489 e. The molecule has 1 aliphatic heterocycles. The fraction of sp³-hybridized carbons (Fsp3) is 0.542. The molecule has 1 aromatic carbocycles. The van der Waals surface area contributed by atoms with E-state index in [4.69, 9.17) is 19.6 Å². The maximum atomic E-state index is 13.4. The van der Waals surface area contributed by atoms with E-state index in [1.54, 1.807) is 14.0 Å². The van der Waals surface area contributed by atoms with Gasteiger partial charge in [0.2, 0.25) is 5.89 Å². The number of likely N-dealkylation sites (N-methyl/N-ethyl adjacent to an activating group) is 1. The Labute approximate surface area is 207 Å². The summed E-state index contributed by atoms with van der Waals surface area (Å²) >= 11 is 0. The van der Waals surface area contributed by atoms with E-state index in [0.29, 0.717) is 31.2 Å². The minimum atomic E-state index is -3.01. The summed E-state index contributed by atoms with van der Waals surface area (Å²) in [6.45, 7) is 1.41. The van der Waals surface area contributed by atoms with Crippen molar-refractivity contribution in [1.82, 2.24) is 14.8 Å². The number of ether oxygens (including phenoxy) is 3. The molecule has 4 rings (SSSR count). The van der Waals surface area contributed by atoms with Crippen LogP contribution in [0.3, 0.4) is 0 Å². The van der Waals surface area contributed by atoms with Crippen LogP contribution in [0.1, 0.15) is 49.0 Å². The number of carbonyl (C=O) groups excluding carboxylic acids is 2. The van der Waals surface area contributed by atoms with Crippen LogP contribution in [-0.2, 0) is 9.53 Å². The van der Waals surface area contributed by atoms with Crippen LogP contribution in [0.2, 0.25) is 0 Å². The van der Waals surface area contributed by atoms with Crippen LogP contribution in [0, 0.1) is 5.92 Å². The number of hydrogen-bond donors (Lipinski definition) is 1. The molecule has 12 heteroatoms. The smallest absolute Gasteiger partial charge is 0.387 e. The number of alkyl halides is 2. The zero-order valence-corrected chi connectivity index (χ0v) is 20.4. The Hall–Kier alpha value is -3.25. The van der Waals surface area contributed by atoms with Gasteiger partial charge in [-0.05, 0) is 50.9 Å². The van der Waals surface area contributed by atoms with Gasteiger partial charge in [0.05, 0.1) is 19.2 Å². The quantitative estimate of drug-likeness (QED) is 0.510. The lowest BCUT2D eigenvalue weighted by atomic mass is 10.2. The lowest BCUT2D eigenvalue weighted by Gasteiger charge is -2.38. The van der Waals surface area contributed by atoms with E-state index >= 15 is 0 Å². The molecule has 2 heterocycles. The summed E-state index contributed by atoms with van der Waals surface area (Å²) in [6.07, 6.45) is 1.47. The van der Waals surface area contributed by atoms with Crippen molar-refractivity contribution in [1.29, 1.82) is 0 Å². The molecule has 0 radical (unpaired) electrons. The number of nitrogens with zero attached hydrogens (tertiary/aromatic N) is 3. The summed E-state index contributed by atoms with van der Waals surface area (Å²) in [4.78, 5) is 32.6. The zero-order valence-electron chi connectivity index (χ0n) is 20.4. The average molecular weight is 509 g/mol. The van der Waals surface area contributed by atoms with E-state index in [0.717, 1.165) is 12.8 Å². The highest BCUT2D eigenvalue weighted by Crippen LogP contribution is 2.37. The standard InChI is InChI=1S/C24H30F2N4O6/c1-13(27)21-20(23(32)30-9-8-29(3)19(11-30)34-14(2)31)28-22(36-21)16-6-7-17(35-24(25)26)18(10-16)33-12-15-4-5-15/h6-7,10,13,15,19,24H,4-5,8-9,11-12,27H2,1-3H3/t13-,19?/m0/s1. The van der Waals surface area contributed by atoms with Crippen LogP contribution >= 0.6 is 0 Å². The molecule has 0 spiro atoms. The number of esters is 1. The van der Waals surface area contributed by atoms with Gasteiger partial charge >= 0.3 is 12.6 Å². The molecule has 1 aliphatic carbocycles. The van der Waals surface area contributed by atoms with Crippen molar-refractivity contribution in [3.8, 4) is 23.0 Å². The van der Waals surface area contributed by atoms with Gasteiger partial charge in [-0.15, -0.1) is 0 Å². The van der Waals surface area contributed by atoms with Crippen molar-refractivity contribution in [3.63, 3.8) is 0 Å². The molecular formula is C24H30F2N4O6. The van der Waals surface area contributed by atoms with Gasteiger partial charge in [0, 0.05) is 25.6 Å². The Bertz CT molecular complexity index is 1100. The molecule has 10 nitrogen and oxygen atoms in total. The van der Waals surface area contributed by atoms with Crippen LogP contribution in [0.4, 0.5) is 8.78 Å². The fourth-order valence-corrected chi connectivity index (χ4v) is 3.85. The second kappa shape index (κ2) is 10.8. The highest BCUT2D eigenvalue weighted by atomic mass is 19.3. The Kier molecular flexibility index (Phi) is 7.74. The molecule has 2 atom stereocenters. The molecule has 1 saturated heterocycles. The van der Waals surface area contributed by atoms with Crippen molar-refractivity contribution in [2.75, 3.05) is 33.3 Å². The van der Waals surface area contributed by atoms with Gasteiger partial charge in [0.15, 0.2) is 29.2 Å². The van der Waals surface area contributed by atoms with Gasteiger partial charge < -0.3 is 29.3 Å². The number of benzene rings is 1. The molecule has 36 heavy (non-hydrogen) atoms. The van der Waals surface area contributed by atoms with Crippen LogP contribution in [0.25, 0.3) is 11.5 Å². The van der Waals surface area contributed by atoms with E-state index in [1.165, 1.54) is 30.0 Å². The summed E-state index contributed by atoms with van der Waals surface area (Å²) in [7, 11) is 1.81. The second-order valence-electron chi connectivity index (χ2n) is 9.11. The molecule has 2 aromatic rings. The van der Waals surface area contributed by atoms with Gasteiger partial charge in [-0.25, -0.2) is 4.98 Å². The predicted molar refractivity (Wildman–Crippen MR) is 123 cm³/mol. The molecule has 1 saturated carbocycles. The number of piperazine rings is 1. The van der Waals surface area contributed by atoms with Crippen molar-refractivity contribution in [2.45, 2.75) is 45.6 Å². The lowest BCUT2D eigenvalue weighted by molar-refractivity contribution is -0.159. The van der Waals surface area contributed by atoms with E-state index in [1.807, 2.05) is 4.90 Å². The number of nitrogens with two attached hydrogens (primary N) is 1. The maximum Gasteiger partial charge on any atom is 0.387 e. The van der Waals surface area contributed by atoms with Crippen molar-refractivity contribution < 1.29 is 37.0 Å². The lowest BCUT2D eigenvalue weighted by Crippen LogP contribution is -2.54. The van der Waals surface area contributed by atoms with Crippen molar-refractivity contribution >= 4 is 11.9 Å². The number of aromatic nitrogens is 1. The molecule has 0 bridgehead atoms. The first kappa shape index (κ1) is 25.8. The molecule has 1 aromatic heterocycles. The Morgan fingerprint density at radius 2 is 2.00 bits per heavy atom. The Morgan fingerprint density at radius 1 is 1.25 bits per heavy atom.